The number of aliphatic hydroxyl groups is 1. The van der Waals surface area contributed by atoms with Gasteiger partial charge in [-0.05, 0) is 24.0 Å². The maximum Gasteiger partial charge on any atom is 0.235 e. The third-order valence-corrected chi connectivity index (χ3v) is 5.67. The molecule has 3 rings (SSSR count). The van der Waals surface area contributed by atoms with E-state index < -0.39 is 35.3 Å². The van der Waals surface area contributed by atoms with Gasteiger partial charge in [0.05, 0.1) is 6.07 Å². The third kappa shape index (κ3) is 3.29. The topological polar surface area (TPSA) is 116 Å². The van der Waals surface area contributed by atoms with Crippen LogP contribution in [-0.4, -0.2) is 23.2 Å². The molecule has 0 saturated carbocycles. The molecular weight excluding hydrogens is 362 g/mol. The van der Waals surface area contributed by atoms with Crippen LogP contribution in [0.5, 0.6) is 0 Å². The molecule has 0 unspecified atom stereocenters. The monoisotopic (exact) mass is 381 g/mol. The van der Waals surface area contributed by atoms with E-state index in [9.17, 15) is 20.0 Å². The summed E-state index contributed by atoms with van der Waals surface area (Å²) in [7, 11) is 0. The Hall–Kier alpha value is -2.82. The van der Waals surface area contributed by atoms with Crippen molar-refractivity contribution in [1.29, 1.82) is 5.26 Å². The van der Waals surface area contributed by atoms with E-state index in [1.54, 1.807) is 54.2 Å². The first-order valence-corrected chi connectivity index (χ1v) is 9.57. The molecule has 0 aliphatic carbocycles. The lowest BCUT2D eigenvalue weighted by atomic mass is 9.67. The highest BCUT2D eigenvalue weighted by atomic mass is 32.2. The van der Waals surface area contributed by atoms with Crippen LogP contribution >= 0.6 is 11.8 Å². The molecule has 1 fully saturated rings. The predicted molar refractivity (Wildman–Crippen MR) is 101 cm³/mol. The maximum atomic E-state index is 12.7. The molecule has 2 aromatic rings. The minimum Gasteiger partial charge on any atom is -0.369 e. The molecular formula is C20H19N3O3S. The van der Waals surface area contributed by atoms with Crippen molar-refractivity contribution in [2.45, 2.75) is 16.5 Å². The van der Waals surface area contributed by atoms with Gasteiger partial charge in [-0.2, -0.15) is 5.26 Å². The Bertz CT molecular complexity index is 895. The number of nitrogens with two attached hydrogens (primary N) is 1. The molecule has 1 saturated heterocycles. The fourth-order valence-electron chi connectivity index (χ4n) is 3.59. The molecule has 0 bridgehead atoms. The molecule has 1 aliphatic rings. The molecule has 6 nitrogen and oxygen atoms in total. The minimum absolute atomic E-state index is 0.374. The van der Waals surface area contributed by atoms with Gasteiger partial charge in [0.1, 0.15) is 11.8 Å². The average molecular weight is 381 g/mol. The van der Waals surface area contributed by atoms with Crippen molar-refractivity contribution in [3.63, 3.8) is 0 Å². The predicted octanol–water partition coefficient (Wildman–Crippen LogP) is 1.71. The van der Waals surface area contributed by atoms with Crippen molar-refractivity contribution < 1.29 is 14.7 Å². The quantitative estimate of drug-likeness (QED) is 0.551. The van der Waals surface area contributed by atoms with E-state index in [1.807, 2.05) is 18.4 Å². The van der Waals surface area contributed by atoms with Crippen LogP contribution < -0.4 is 11.1 Å². The summed E-state index contributed by atoms with van der Waals surface area (Å²) in [4.78, 5) is 25.8. The van der Waals surface area contributed by atoms with Crippen LogP contribution in [0.3, 0.4) is 0 Å². The number of nitriles is 1. The molecule has 7 heteroatoms. The lowest BCUT2D eigenvalue weighted by Crippen LogP contribution is -2.62. The third-order valence-electron chi connectivity index (χ3n) is 4.92. The Morgan fingerprint density at radius 3 is 2.37 bits per heavy atom. The van der Waals surface area contributed by atoms with Crippen LogP contribution in [-0.2, 0) is 15.3 Å². The molecule has 4 N–H and O–H groups in total. The Labute approximate surface area is 161 Å². The van der Waals surface area contributed by atoms with Crippen molar-refractivity contribution in [3.05, 3.63) is 65.7 Å². The number of rotatable bonds is 4. The molecule has 138 valence electrons. The van der Waals surface area contributed by atoms with Gasteiger partial charge in [0.25, 0.3) is 0 Å². The zero-order valence-corrected chi connectivity index (χ0v) is 15.4. The van der Waals surface area contributed by atoms with Crippen molar-refractivity contribution in [1.82, 2.24) is 5.32 Å². The number of hydrogen-bond donors (Lipinski definition) is 3. The molecule has 0 spiro atoms. The smallest absolute Gasteiger partial charge is 0.235 e. The first-order chi connectivity index (χ1) is 12.9. The lowest BCUT2D eigenvalue weighted by Gasteiger charge is -2.44. The summed E-state index contributed by atoms with van der Waals surface area (Å²) in [5, 5.41) is 23.6. The Kier molecular flexibility index (Phi) is 5.22. The van der Waals surface area contributed by atoms with Gasteiger partial charge in [0.15, 0.2) is 5.72 Å². The first kappa shape index (κ1) is 19.0. The summed E-state index contributed by atoms with van der Waals surface area (Å²) in [6.07, 6.45) is 1.93. The van der Waals surface area contributed by atoms with Gasteiger partial charge in [-0.1, -0.05) is 42.5 Å². The molecule has 27 heavy (non-hydrogen) atoms. The van der Waals surface area contributed by atoms with Crippen LogP contribution in [0.4, 0.5) is 0 Å². The summed E-state index contributed by atoms with van der Waals surface area (Å²) >= 11 is 1.55. The van der Waals surface area contributed by atoms with Gasteiger partial charge in [-0.3, -0.25) is 9.59 Å². The second kappa shape index (κ2) is 7.43. The van der Waals surface area contributed by atoms with E-state index in [0.717, 1.165) is 4.90 Å². The number of nitrogens with zero attached hydrogens (tertiary/aromatic N) is 1. The van der Waals surface area contributed by atoms with Gasteiger partial charge >= 0.3 is 0 Å². The van der Waals surface area contributed by atoms with Gasteiger partial charge < -0.3 is 16.2 Å². The number of carbonyl (C=O) groups excluding carboxylic acids is 2. The summed E-state index contributed by atoms with van der Waals surface area (Å²) in [6, 6.07) is 17.8. The molecule has 0 aromatic heterocycles. The number of piperidine rings is 1. The second-order valence-corrected chi connectivity index (χ2v) is 7.29. The van der Waals surface area contributed by atoms with Crippen LogP contribution in [0.15, 0.2) is 59.5 Å². The number of thioether (sulfide) groups is 1. The van der Waals surface area contributed by atoms with E-state index in [4.69, 9.17) is 5.73 Å². The minimum atomic E-state index is -1.93. The highest BCUT2D eigenvalue weighted by molar-refractivity contribution is 7.98. The van der Waals surface area contributed by atoms with Crippen molar-refractivity contribution in [2.24, 2.45) is 17.6 Å². The highest BCUT2D eigenvalue weighted by Crippen LogP contribution is 2.45. The number of nitrogens with one attached hydrogen (secondary N) is 1. The van der Waals surface area contributed by atoms with E-state index in [0.29, 0.717) is 11.1 Å². The highest BCUT2D eigenvalue weighted by Gasteiger charge is 2.55. The summed E-state index contributed by atoms with van der Waals surface area (Å²) in [5.74, 6) is -4.75. The van der Waals surface area contributed by atoms with E-state index >= 15 is 0 Å². The Morgan fingerprint density at radius 2 is 1.85 bits per heavy atom. The number of hydrogen-bond acceptors (Lipinski definition) is 5. The number of carbonyl (C=O) groups is 2. The summed E-state index contributed by atoms with van der Waals surface area (Å²) < 4.78 is 0. The normalized spacial score (nSPS) is 27.4. The average Bonchev–Trinajstić information content (AvgIpc) is 2.68. The number of primary amides is 1. The summed E-state index contributed by atoms with van der Waals surface area (Å²) in [5.41, 5.74) is 4.54. The van der Waals surface area contributed by atoms with E-state index in [-0.39, 0.29) is 0 Å². The molecule has 0 radical (unpaired) electrons. The fourth-order valence-corrected chi connectivity index (χ4v) is 4.00. The molecule has 4 atom stereocenters. The first-order valence-electron chi connectivity index (χ1n) is 8.35. The van der Waals surface area contributed by atoms with Crippen LogP contribution in [0.25, 0.3) is 0 Å². The number of amides is 2. The van der Waals surface area contributed by atoms with E-state index in [2.05, 4.69) is 11.4 Å². The Morgan fingerprint density at radius 1 is 1.22 bits per heavy atom. The van der Waals surface area contributed by atoms with Gasteiger partial charge in [0.2, 0.25) is 11.8 Å². The lowest BCUT2D eigenvalue weighted by molar-refractivity contribution is -0.153. The standard InChI is InChI=1S/C20H19N3O3S/c1-27-14-9-7-12(8-10-14)16-15(11-21)20(26,13-5-3-2-4-6-13)23-19(25)17(16)18(22)24/h2-10,15-17,26H,1H3,(H2,22,24)(H,23,25)/t15-,16+,17-,20-/m0/s1. The largest absolute Gasteiger partial charge is 0.369 e. The number of benzene rings is 2. The Balaban J connectivity index is 2.16. The summed E-state index contributed by atoms with van der Waals surface area (Å²) in [6.45, 7) is 0. The molecule has 2 amide bonds. The van der Waals surface area contributed by atoms with Gasteiger partial charge in [-0.25, -0.2) is 0 Å². The SMILES string of the molecule is CSc1ccc([C@H]2[C@@H](C(N)=O)C(=O)N[C@](O)(c3ccccc3)[C@H]2C#N)cc1. The van der Waals surface area contributed by atoms with Crippen LogP contribution in [0.1, 0.15) is 17.0 Å². The fraction of sp³-hybridized carbons (Fsp3) is 0.250. The van der Waals surface area contributed by atoms with Gasteiger partial charge in [-0.15, -0.1) is 11.8 Å². The zero-order valence-electron chi connectivity index (χ0n) is 14.6. The van der Waals surface area contributed by atoms with Crippen molar-refractivity contribution in [2.75, 3.05) is 6.26 Å². The van der Waals surface area contributed by atoms with Crippen molar-refractivity contribution in [3.8, 4) is 6.07 Å². The van der Waals surface area contributed by atoms with Gasteiger partial charge in [0, 0.05) is 16.4 Å². The van der Waals surface area contributed by atoms with Crippen LogP contribution in [0.2, 0.25) is 0 Å². The second-order valence-electron chi connectivity index (χ2n) is 6.41. The van der Waals surface area contributed by atoms with Crippen LogP contribution in [0, 0.1) is 23.2 Å². The van der Waals surface area contributed by atoms with E-state index in [1.165, 1.54) is 0 Å². The van der Waals surface area contributed by atoms with Crippen molar-refractivity contribution >= 4 is 23.6 Å². The molecule has 1 aliphatic heterocycles. The zero-order chi connectivity index (χ0) is 19.6. The molecule has 2 aromatic carbocycles. The molecule has 1 heterocycles. The maximum absolute atomic E-state index is 12.7.